The van der Waals surface area contributed by atoms with Crippen molar-refractivity contribution in [3.8, 4) is 0 Å². The van der Waals surface area contributed by atoms with Crippen molar-refractivity contribution in [2.24, 2.45) is 10.7 Å². The van der Waals surface area contributed by atoms with Gasteiger partial charge in [-0.05, 0) is 24.6 Å². The van der Waals surface area contributed by atoms with E-state index < -0.39 is 0 Å². The van der Waals surface area contributed by atoms with Gasteiger partial charge < -0.3 is 10.6 Å². The number of piperazine rings is 1. The number of halogens is 1. The van der Waals surface area contributed by atoms with Crippen molar-refractivity contribution in [3.05, 3.63) is 34.3 Å². The molecule has 1 aliphatic heterocycles. The van der Waals surface area contributed by atoms with Crippen molar-refractivity contribution in [2.45, 2.75) is 13.0 Å². The second kappa shape index (κ2) is 6.39. The van der Waals surface area contributed by atoms with Crippen LogP contribution in [0.4, 0.5) is 0 Å². The molecule has 5 heteroatoms. The highest BCUT2D eigenvalue weighted by atomic mass is 79.9. The van der Waals surface area contributed by atoms with Crippen LogP contribution in [0.2, 0.25) is 0 Å². The van der Waals surface area contributed by atoms with Crippen molar-refractivity contribution in [2.75, 3.05) is 33.2 Å². The molecule has 19 heavy (non-hydrogen) atoms. The SMILES string of the molecule is CN=C(N)N1CCN(C(C)c2ccc(Br)cc2)CC1. The molecule has 4 nitrogen and oxygen atoms in total. The Bertz CT molecular complexity index is 435. The average molecular weight is 325 g/mol. The Morgan fingerprint density at radius 2 is 1.79 bits per heavy atom. The van der Waals surface area contributed by atoms with Gasteiger partial charge in [-0.1, -0.05) is 28.1 Å². The summed E-state index contributed by atoms with van der Waals surface area (Å²) in [4.78, 5) is 8.68. The van der Waals surface area contributed by atoms with E-state index in [1.54, 1.807) is 7.05 Å². The number of guanidine groups is 1. The third-order valence-corrected chi connectivity index (χ3v) is 4.30. The number of rotatable bonds is 2. The summed E-state index contributed by atoms with van der Waals surface area (Å²) in [5, 5.41) is 0. The molecule has 0 radical (unpaired) electrons. The van der Waals surface area contributed by atoms with Crippen molar-refractivity contribution < 1.29 is 0 Å². The molecule has 0 bridgehead atoms. The number of benzene rings is 1. The fourth-order valence-electron chi connectivity index (χ4n) is 2.43. The van der Waals surface area contributed by atoms with Crippen LogP contribution in [-0.4, -0.2) is 49.0 Å². The van der Waals surface area contributed by atoms with E-state index in [0.29, 0.717) is 12.0 Å². The summed E-state index contributed by atoms with van der Waals surface area (Å²) in [6, 6.07) is 9.01. The highest BCUT2D eigenvalue weighted by molar-refractivity contribution is 9.10. The molecule has 0 spiro atoms. The molecule has 104 valence electrons. The molecule has 1 aromatic carbocycles. The first kappa shape index (κ1) is 14.3. The molecule has 1 unspecified atom stereocenters. The van der Waals surface area contributed by atoms with Gasteiger partial charge in [0, 0.05) is 43.7 Å². The van der Waals surface area contributed by atoms with Crippen molar-refractivity contribution >= 4 is 21.9 Å². The molecule has 1 atom stereocenters. The van der Waals surface area contributed by atoms with Gasteiger partial charge in [0.25, 0.3) is 0 Å². The molecule has 2 N–H and O–H groups in total. The molecule has 1 saturated heterocycles. The third-order valence-electron chi connectivity index (χ3n) is 3.77. The zero-order valence-corrected chi connectivity index (χ0v) is 13.1. The van der Waals surface area contributed by atoms with Crippen LogP contribution in [0.3, 0.4) is 0 Å². The number of nitrogens with zero attached hydrogens (tertiary/aromatic N) is 3. The maximum atomic E-state index is 5.85. The molecule has 0 aromatic heterocycles. The van der Waals surface area contributed by atoms with Crippen molar-refractivity contribution in [1.29, 1.82) is 0 Å². The lowest BCUT2D eigenvalue weighted by Crippen LogP contribution is -2.51. The highest BCUT2D eigenvalue weighted by Crippen LogP contribution is 2.23. The van der Waals surface area contributed by atoms with Gasteiger partial charge in [-0.3, -0.25) is 9.89 Å². The first-order valence-corrected chi connectivity index (χ1v) is 7.38. The van der Waals surface area contributed by atoms with Gasteiger partial charge >= 0.3 is 0 Å². The quantitative estimate of drug-likeness (QED) is 0.669. The monoisotopic (exact) mass is 324 g/mol. The summed E-state index contributed by atoms with van der Waals surface area (Å²) < 4.78 is 1.13. The Kier molecular flexibility index (Phi) is 4.82. The van der Waals surface area contributed by atoms with Crippen LogP contribution in [0, 0.1) is 0 Å². The molecule has 1 aliphatic rings. The lowest BCUT2D eigenvalue weighted by Gasteiger charge is -2.38. The smallest absolute Gasteiger partial charge is 0.191 e. The van der Waals surface area contributed by atoms with Gasteiger partial charge in [0.15, 0.2) is 5.96 Å². The van der Waals surface area contributed by atoms with E-state index in [1.807, 2.05) is 0 Å². The summed E-state index contributed by atoms with van der Waals surface area (Å²) in [5.74, 6) is 0.649. The Morgan fingerprint density at radius 3 is 2.32 bits per heavy atom. The van der Waals surface area contributed by atoms with Gasteiger partial charge in [-0.15, -0.1) is 0 Å². The van der Waals surface area contributed by atoms with E-state index >= 15 is 0 Å². The maximum absolute atomic E-state index is 5.85. The topological polar surface area (TPSA) is 44.9 Å². The minimum Gasteiger partial charge on any atom is -0.370 e. The summed E-state index contributed by atoms with van der Waals surface area (Å²) in [5.41, 5.74) is 7.20. The molecular formula is C14H21BrN4. The number of nitrogens with two attached hydrogens (primary N) is 1. The van der Waals surface area contributed by atoms with E-state index in [2.05, 4.69) is 61.9 Å². The summed E-state index contributed by atoms with van der Waals surface area (Å²) in [6.07, 6.45) is 0. The third kappa shape index (κ3) is 3.48. The summed E-state index contributed by atoms with van der Waals surface area (Å²) in [7, 11) is 1.74. The molecular weight excluding hydrogens is 304 g/mol. The largest absolute Gasteiger partial charge is 0.370 e. The normalized spacial score (nSPS) is 19.5. The van der Waals surface area contributed by atoms with Crippen molar-refractivity contribution in [1.82, 2.24) is 9.80 Å². The lowest BCUT2D eigenvalue weighted by atomic mass is 10.1. The van der Waals surface area contributed by atoms with E-state index in [4.69, 9.17) is 5.73 Å². The second-order valence-corrected chi connectivity index (χ2v) is 5.75. The van der Waals surface area contributed by atoms with Crippen LogP contribution >= 0.6 is 15.9 Å². The maximum Gasteiger partial charge on any atom is 0.191 e. The average Bonchev–Trinajstić information content (AvgIpc) is 2.46. The zero-order chi connectivity index (χ0) is 13.8. The number of hydrogen-bond acceptors (Lipinski definition) is 2. The van der Waals surface area contributed by atoms with Gasteiger partial charge in [-0.25, -0.2) is 0 Å². The Morgan fingerprint density at radius 1 is 1.21 bits per heavy atom. The van der Waals surface area contributed by atoms with Crippen LogP contribution in [0.25, 0.3) is 0 Å². The Balaban J connectivity index is 1.96. The summed E-state index contributed by atoms with van der Waals surface area (Å²) >= 11 is 3.47. The van der Waals surface area contributed by atoms with E-state index in [0.717, 1.165) is 30.7 Å². The van der Waals surface area contributed by atoms with Crippen LogP contribution in [0.5, 0.6) is 0 Å². The Hall–Kier alpha value is -1.07. The van der Waals surface area contributed by atoms with Gasteiger partial charge in [0.2, 0.25) is 0 Å². The van der Waals surface area contributed by atoms with Gasteiger partial charge in [-0.2, -0.15) is 0 Å². The minimum atomic E-state index is 0.440. The van der Waals surface area contributed by atoms with E-state index in [9.17, 15) is 0 Å². The molecule has 1 aromatic rings. The van der Waals surface area contributed by atoms with Crippen LogP contribution < -0.4 is 5.73 Å². The molecule has 1 fully saturated rings. The molecule has 1 heterocycles. The lowest BCUT2D eigenvalue weighted by molar-refractivity contribution is 0.140. The van der Waals surface area contributed by atoms with E-state index in [1.165, 1.54) is 5.56 Å². The number of hydrogen-bond donors (Lipinski definition) is 1. The number of aliphatic imine (C=N–C) groups is 1. The minimum absolute atomic E-state index is 0.440. The second-order valence-electron chi connectivity index (χ2n) is 4.83. The fraction of sp³-hybridized carbons (Fsp3) is 0.500. The van der Waals surface area contributed by atoms with Crippen LogP contribution in [0.1, 0.15) is 18.5 Å². The predicted molar refractivity (Wildman–Crippen MR) is 83.2 cm³/mol. The first-order chi connectivity index (χ1) is 9.11. The Labute approximate surface area is 123 Å². The highest BCUT2D eigenvalue weighted by Gasteiger charge is 2.22. The van der Waals surface area contributed by atoms with Gasteiger partial charge in [0.1, 0.15) is 0 Å². The standard InChI is InChI=1S/C14H21BrN4/c1-11(12-3-5-13(15)6-4-12)18-7-9-19(10-8-18)14(16)17-2/h3-6,11H,7-10H2,1-2H3,(H2,16,17). The molecule has 0 amide bonds. The zero-order valence-electron chi connectivity index (χ0n) is 11.5. The van der Waals surface area contributed by atoms with Crippen molar-refractivity contribution in [3.63, 3.8) is 0 Å². The molecule has 0 saturated carbocycles. The summed E-state index contributed by atoms with van der Waals surface area (Å²) in [6.45, 7) is 6.20. The predicted octanol–water partition coefficient (Wildman–Crippen LogP) is 2.07. The molecule has 0 aliphatic carbocycles. The van der Waals surface area contributed by atoms with Crippen LogP contribution in [0.15, 0.2) is 33.7 Å². The van der Waals surface area contributed by atoms with Crippen LogP contribution in [-0.2, 0) is 0 Å². The molecule has 2 rings (SSSR count). The van der Waals surface area contributed by atoms with E-state index in [-0.39, 0.29) is 0 Å². The van der Waals surface area contributed by atoms with Gasteiger partial charge in [0.05, 0.1) is 0 Å². The fourth-order valence-corrected chi connectivity index (χ4v) is 2.70. The first-order valence-electron chi connectivity index (χ1n) is 6.58.